The van der Waals surface area contributed by atoms with E-state index >= 15 is 0 Å². The summed E-state index contributed by atoms with van der Waals surface area (Å²) in [7, 11) is 0. The van der Waals surface area contributed by atoms with E-state index in [2.05, 4.69) is 56.7 Å². The Kier molecular flexibility index (Phi) is 20.5. The van der Waals surface area contributed by atoms with Gasteiger partial charge in [-0.05, 0) is 36.2 Å². The van der Waals surface area contributed by atoms with Crippen LogP contribution in [0.3, 0.4) is 0 Å². The SMILES string of the molecule is C=CC(=C)OCC(COC(=O)C=C)(COC(=O)C=C)COC(=O)NC1CC(C)(C)CC(C)(CNC(=O)OCC(COC(=O)C=C)(COC(=O)C=C)COC(=O)C=C)C1. The van der Waals surface area contributed by atoms with E-state index in [0.717, 1.165) is 30.4 Å². The quantitative estimate of drug-likeness (QED) is 0.0408. The first-order valence-electron chi connectivity index (χ1n) is 18.0. The van der Waals surface area contributed by atoms with E-state index in [9.17, 15) is 33.6 Å². The predicted molar refractivity (Wildman–Crippen MR) is 209 cm³/mol. The Morgan fingerprint density at radius 2 is 0.879 bits per heavy atom. The van der Waals surface area contributed by atoms with Gasteiger partial charge < -0.3 is 48.5 Å². The van der Waals surface area contributed by atoms with Gasteiger partial charge in [-0.1, -0.05) is 66.8 Å². The van der Waals surface area contributed by atoms with Gasteiger partial charge in [-0.15, -0.1) is 0 Å². The van der Waals surface area contributed by atoms with Crippen molar-refractivity contribution in [3.63, 3.8) is 0 Å². The van der Waals surface area contributed by atoms with Gasteiger partial charge in [0, 0.05) is 43.0 Å². The van der Waals surface area contributed by atoms with Crippen LogP contribution in [0.5, 0.6) is 0 Å². The molecule has 58 heavy (non-hydrogen) atoms. The first-order chi connectivity index (χ1) is 27.2. The number of allylic oxidation sites excluding steroid dienone is 1. The third-order valence-corrected chi connectivity index (χ3v) is 8.67. The van der Waals surface area contributed by atoms with Gasteiger partial charge in [0.1, 0.15) is 69.4 Å². The minimum absolute atomic E-state index is 0.0921. The molecule has 0 aromatic rings. The van der Waals surface area contributed by atoms with Gasteiger partial charge in [0.2, 0.25) is 0 Å². The average molecular weight is 817 g/mol. The van der Waals surface area contributed by atoms with Crippen molar-refractivity contribution < 1.29 is 71.5 Å². The van der Waals surface area contributed by atoms with Gasteiger partial charge in [0.15, 0.2) is 0 Å². The van der Waals surface area contributed by atoms with Crippen LogP contribution in [0.2, 0.25) is 0 Å². The second kappa shape index (κ2) is 23.8. The molecule has 2 unspecified atom stereocenters. The molecular weight excluding hydrogens is 760 g/mol. The van der Waals surface area contributed by atoms with E-state index in [4.69, 9.17) is 37.9 Å². The number of amides is 2. The first kappa shape index (κ1) is 49.9. The number of esters is 5. The Hall–Kier alpha value is -6.13. The number of ether oxygens (including phenoxy) is 8. The molecule has 0 aliphatic heterocycles. The molecule has 0 radical (unpaired) electrons. The smallest absolute Gasteiger partial charge is 0.407 e. The Morgan fingerprint density at radius 3 is 1.24 bits per heavy atom. The number of carbonyl (C=O) groups is 7. The molecule has 2 atom stereocenters. The number of nitrogens with one attached hydrogen (secondary N) is 2. The molecule has 17 heteroatoms. The van der Waals surface area contributed by atoms with Crippen LogP contribution in [0.25, 0.3) is 0 Å². The van der Waals surface area contributed by atoms with Crippen LogP contribution >= 0.6 is 0 Å². The Bertz CT molecular complexity index is 1460. The second-order valence-corrected chi connectivity index (χ2v) is 14.9. The molecular formula is C41H56N2O15. The maximum atomic E-state index is 13.3. The van der Waals surface area contributed by atoms with Crippen LogP contribution in [-0.4, -0.2) is 107 Å². The molecule has 17 nitrogen and oxygen atoms in total. The molecule has 2 amide bonds. The summed E-state index contributed by atoms with van der Waals surface area (Å²) >= 11 is 0. The lowest BCUT2D eigenvalue weighted by Gasteiger charge is -2.46. The van der Waals surface area contributed by atoms with Crippen molar-refractivity contribution in [2.45, 2.75) is 46.1 Å². The van der Waals surface area contributed by atoms with Gasteiger partial charge >= 0.3 is 42.0 Å². The molecule has 0 bridgehead atoms. The standard InChI is InChI=1S/C41H56N2O15/c1-11-29(7)51-21-40(22-52-31(44)12-2,23-53-32(45)13-3)28-58-37(50)43-30-17-38(8,9)19-39(10,18-30)20-42-36(49)57-27-41(24-54-33(46)14-4,25-55-34(47)15-5)26-56-35(48)16-6/h11-16,30H,1-7,17-28H2,8-10H3,(H,42,49)(H,43,50). The normalized spacial score (nSPS) is 16.9. The maximum absolute atomic E-state index is 13.3. The summed E-state index contributed by atoms with van der Waals surface area (Å²) in [6.07, 6.45) is 5.78. The zero-order valence-corrected chi connectivity index (χ0v) is 33.6. The molecule has 0 aromatic carbocycles. The van der Waals surface area contributed by atoms with E-state index in [1.807, 2.05) is 20.8 Å². The van der Waals surface area contributed by atoms with Gasteiger partial charge in [-0.25, -0.2) is 33.6 Å². The van der Waals surface area contributed by atoms with Crippen molar-refractivity contribution in [2.24, 2.45) is 21.7 Å². The summed E-state index contributed by atoms with van der Waals surface area (Å²) in [5.41, 5.74) is -3.82. The van der Waals surface area contributed by atoms with Crippen LogP contribution in [0.4, 0.5) is 9.59 Å². The molecule has 1 aliphatic rings. The Labute approximate surface area is 339 Å². The minimum atomic E-state index is -1.52. The zero-order valence-electron chi connectivity index (χ0n) is 33.6. The van der Waals surface area contributed by atoms with Crippen LogP contribution < -0.4 is 10.6 Å². The average Bonchev–Trinajstić information content (AvgIpc) is 3.19. The highest BCUT2D eigenvalue weighted by atomic mass is 16.6. The summed E-state index contributed by atoms with van der Waals surface area (Å²) in [6.45, 7) is 26.6. The van der Waals surface area contributed by atoms with E-state index < -0.39 is 111 Å². The Morgan fingerprint density at radius 1 is 0.534 bits per heavy atom. The van der Waals surface area contributed by atoms with Gasteiger partial charge in [-0.2, -0.15) is 0 Å². The number of rotatable bonds is 26. The topological polar surface area (TPSA) is 217 Å². The number of carbonyl (C=O) groups excluding carboxylic acids is 7. The van der Waals surface area contributed by atoms with Crippen LogP contribution in [0.1, 0.15) is 40.0 Å². The number of alkyl carbamates (subject to hydrolysis) is 2. The summed E-state index contributed by atoms with van der Waals surface area (Å²) in [4.78, 5) is 86.1. The molecule has 0 saturated heterocycles. The van der Waals surface area contributed by atoms with Gasteiger partial charge in [0.05, 0.1) is 0 Å². The fourth-order valence-corrected chi connectivity index (χ4v) is 6.07. The maximum Gasteiger partial charge on any atom is 0.407 e. The van der Waals surface area contributed by atoms with Crippen molar-refractivity contribution in [3.05, 3.63) is 88.3 Å². The molecule has 2 N–H and O–H groups in total. The van der Waals surface area contributed by atoms with Crippen LogP contribution in [-0.2, 0) is 61.9 Å². The molecule has 0 heterocycles. The summed E-state index contributed by atoms with van der Waals surface area (Å²) < 4.78 is 42.7. The fourth-order valence-electron chi connectivity index (χ4n) is 6.07. The van der Waals surface area contributed by atoms with Crippen molar-refractivity contribution >= 4 is 42.0 Å². The minimum Gasteiger partial charge on any atom is -0.493 e. The van der Waals surface area contributed by atoms with E-state index in [1.165, 1.54) is 6.08 Å². The molecule has 0 spiro atoms. The second-order valence-electron chi connectivity index (χ2n) is 14.9. The van der Waals surface area contributed by atoms with E-state index in [0.29, 0.717) is 19.3 Å². The molecule has 0 aromatic heterocycles. The predicted octanol–water partition coefficient (Wildman–Crippen LogP) is 4.36. The van der Waals surface area contributed by atoms with Gasteiger partial charge in [-0.3, -0.25) is 0 Å². The first-order valence-corrected chi connectivity index (χ1v) is 18.0. The Balaban J connectivity index is 3.13. The molecule has 320 valence electrons. The largest absolute Gasteiger partial charge is 0.493 e. The molecule has 1 fully saturated rings. The molecule has 1 aliphatic carbocycles. The molecule has 1 saturated carbocycles. The lowest BCUT2D eigenvalue weighted by atomic mass is 9.62. The summed E-state index contributed by atoms with van der Waals surface area (Å²) in [5.74, 6) is -3.87. The van der Waals surface area contributed by atoms with Crippen molar-refractivity contribution in [1.29, 1.82) is 0 Å². The lowest BCUT2D eigenvalue weighted by Crippen LogP contribution is -2.51. The van der Waals surface area contributed by atoms with Crippen LogP contribution in [0, 0.1) is 21.7 Å². The highest BCUT2D eigenvalue weighted by Crippen LogP contribution is 2.46. The fraction of sp³-hybridized carbons (Fsp3) is 0.488. The van der Waals surface area contributed by atoms with Crippen molar-refractivity contribution in [2.75, 3.05) is 59.4 Å². The highest BCUT2D eigenvalue weighted by Gasteiger charge is 2.43. The summed E-state index contributed by atoms with van der Waals surface area (Å²) in [5, 5.41) is 5.61. The van der Waals surface area contributed by atoms with Crippen molar-refractivity contribution in [1.82, 2.24) is 10.6 Å². The highest BCUT2D eigenvalue weighted by molar-refractivity contribution is 5.83. The number of hydrogen-bond acceptors (Lipinski definition) is 15. The number of hydrogen-bond donors (Lipinski definition) is 2. The zero-order chi connectivity index (χ0) is 44.0. The van der Waals surface area contributed by atoms with E-state index in [1.54, 1.807) is 0 Å². The van der Waals surface area contributed by atoms with E-state index in [-0.39, 0.29) is 24.3 Å². The van der Waals surface area contributed by atoms with Crippen molar-refractivity contribution in [3.8, 4) is 0 Å². The molecule has 1 rings (SSSR count). The van der Waals surface area contributed by atoms with Crippen LogP contribution in [0.15, 0.2) is 88.3 Å². The third-order valence-electron chi connectivity index (χ3n) is 8.67. The van der Waals surface area contributed by atoms with Gasteiger partial charge in [0.25, 0.3) is 0 Å². The monoisotopic (exact) mass is 816 g/mol. The third kappa shape index (κ3) is 18.7. The summed E-state index contributed by atoms with van der Waals surface area (Å²) in [6, 6.07) is -0.436. The lowest BCUT2D eigenvalue weighted by molar-refractivity contribution is -0.159.